The Morgan fingerprint density at radius 1 is 1.14 bits per heavy atom. The van der Waals surface area contributed by atoms with Crippen molar-refractivity contribution in [1.29, 1.82) is 0 Å². The summed E-state index contributed by atoms with van der Waals surface area (Å²) in [5, 5.41) is 11.3. The zero-order valence-corrected chi connectivity index (χ0v) is 12.5. The third kappa shape index (κ3) is 5.72. The molecule has 1 amide bonds. The van der Waals surface area contributed by atoms with Gasteiger partial charge in [-0.05, 0) is 44.5 Å². The Kier molecular flexibility index (Phi) is 6.02. The number of carbonyl (C=O) groups is 2. The second kappa shape index (κ2) is 7.52. The molecule has 0 saturated heterocycles. The largest absolute Gasteiger partial charge is 0.494 e. The number of ether oxygens (including phenoxy) is 2. The third-order valence-corrected chi connectivity index (χ3v) is 2.65. The van der Waals surface area contributed by atoms with Crippen molar-refractivity contribution in [3.8, 4) is 11.5 Å². The summed E-state index contributed by atoms with van der Waals surface area (Å²) in [6.07, 6.45) is 0.928. The van der Waals surface area contributed by atoms with E-state index in [-0.39, 0.29) is 6.61 Å². The highest BCUT2D eigenvalue weighted by Gasteiger charge is 2.28. The lowest BCUT2D eigenvalue weighted by Gasteiger charge is -2.20. The Labute approximate surface area is 124 Å². The van der Waals surface area contributed by atoms with Crippen LogP contribution >= 0.6 is 0 Å². The highest BCUT2D eigenvalue weighted by atomic mass is 16.5. The van der Waals surface area contributed by atoms with Gasteiger partial charge in [0.25, 0.3) is 5.91 Å². The molecule has 1 aromatic carbocycles. The SMILES string of the molecule is CCCOc1ccc(OCC(=O)NC(C)(C)C(=O)O)cc1. The van der Waals surface area contributed by atoms with Crippen LogP contribution in [0.3, 0.4) is 0 Å². The topological polar surface area (TPSA) is 84.9 Å². The Morgan fingerprint density at radius 3 is 2.14 bits per heavy atom. The number of carboxylic acid groups (broad SMARTS) is 1. The Balaban J connectivity index is 2.44. The lowest BCUT2D eigenvalue weighted by Crippen LogP contribution is -2.51. The summed E-state index contributed by atoms with van der Waals surface area (Å²) in [4.78, 5) is 22.5. The summed E-state index contributed by atoms with van der Waals surface area (Å²) < 4.78 is 10.7. The predicted molar refractivity (Wildman–Crippen MR) is 77.6 cm³/mol. The molecule has 0 spiro atoms. The third-order valence-electron chi connectivity index (χ3n) is 2.65. The van der Waals surface area contributed by atoms with Gasteiger partial charge < -0.3 is 19.9 Å². The molecular formula is C15H21NO5. The van der Waals surface area contributed by atoms with E-state index in [0.717, 1.165) is 12.2 Å². The van der Waals surface area contributed by atoms with Gasteiger partial charge in [0.2, 0.25) is 0 Å². The number of benzene rings is 1. The van der Waals surface area contributed by atoms with Crippen LogP contribution in [0, 0.1) is 0 Å². The number of carboxylic acids is 1. The quantitative estimate of drug-likeness (QED) is 0.764. The summed E-state index contributed by atoms with van der Waals surface area (Å²) in [6.45, 7) is 5.24. The van der Waals surface area contributed by atoms with Crippen molar-refractivity contribution in [3.63, 3.8) is 0 Å². The summed E-state index contributed by atoms with van der Waals surface area (Å²) in [5.41, 5.74) is -1.32. The molecule has 0 atom stereocenters. The van der Waals surface area contributed by atoms with Crippen LogP contribution in [-0.2, 0) is 9.59 Å². The maximum atomic E-state index is 11.6. The molecular weight excluding hydrogens is 274 g/mol. The molecule has 0 aliphatic carbocycles. The molecule has 0 radical (unpaired) electrons. The normalized spacial score (nSPS) is 10.8. The zero-order valence-electron chi connectivity index (χ0n) is 12.5. The van der Waals surface area contributed by atoms with Gasteiger partial charge in [0, 0.05) is 0 Å². The average molecular weight is 295 g/mol. The van der Waals surface area contributed by atoms with Crippen molar-refractivity contribution in [3.05, 3.63) is 24.3 Å². The van der Waals surface area contributed by atoms with Crippen LogP contribution in [0.5, 0.6) is 11.5 Å². The molecule has 0 saturated carbocycles. The predicted octanol–water partition coefficient (Wildman–Crippen LogP) is 1.83. The molecule has 6 heteroatoms. The van der Waals surface area contributed by atoms with E-state index in [1.807, 2.05) is 6.92 Å². The minimum atomic E-state index is -1.32. The van der Waals surface area contributed by atoms with Crippen molar-refractivity contribution >= 4 is 11.9 Å². The highest BCUT2D eigenvalue weighted by Crippen LogP contribution is 2.17. The van der Waals surface area contributed by atoms with E-state index < -0.39 is 17.4 Å². The Morgan fingerprint density at radius 2 is 1.67 bits per heavy atom. The molecule has 0 aliphatic heterocycles. The number of hydrogen-bond donors (Lipinski definition) is 2. The van der Waals surface area contributed by atoms with Gasteiger partial charge in [0.1, 0.15) is 17.0 Å². The van der Waals surface area contributed by atoms with E-state index >= 15 is 0 Å². The number of nitrogens with one attached hydrogen (secondary N) is 1. The maximum absolute atomic E-state index is 11.6. The minimum absolute atomic E-state index is 0.244. The van der Waals surface area contributed by atoms with Gasteiger partial charge in [-0.3, -0.25) is 4.79 Å². The van der Waals surface area contributed by atoms with Crippen LogP contribution in [-0.4, -0.2) is 35.7 Å². The van der Waals surface area contributed by atoms with Gasteiger partial charge in [-0.15, -0.1) is 0 Å². The smallest absolute Gasteiger partial charge is 0.328 e. The van der Waals surface area contributed by atoms with Crippen LogP contribution < -0.4 is 14.8 Å². The van der Waals surface area contributed by atoms with E-state index in [4.69, 9.17) is 14.6 Å². The number of hydrogen-bond acceptors (Lipinski definition) is 4. The lowest BCUT2D eigenvalue weighted by atomic mass is 10.1. The van der Waals surface area contributed by atoms with Crippen molar-refractivity contribution < 1.29 is 24.2 Å². The molecule has 2 N–H and O–H groups in total. The number of rotatable bonds is 8. The Hall–Kier alpha value is -2.24. The van der Waals surface area contributed by atoms with Gasteiger partial charge in [0.05, 0.1) is 6.61 Å². The monoisotopic (exact) mass is 295 g/mol. The van der Waals surface area contributed by atoms with Crippen molar-refractivity contribution in [2.45, 2.75) is 32.7 Å². The summed E-state index contributed by atoms with van der Waals surface area (Å²) >= 11 is 0. The summed E-state index contributed by atoms with van der Waals surface area (Å²) in [7, 11) is 0. The van der Waals surface area contributed by atoms with Crippen molar-refractivity contribution in [2.24, 2.45) is 0 Å². The lowest BCUT2D eigenvalue weighted by molar-refractivity contribution is -0.146. The van der Waals surface area contributed by atoms with Crippen molar-refractivity contribution in [2.75, 3.05) is 13.2 Å². The number of amides is 1. The average Bonchev–Trinajstić information content (AvgIpc) is 2.43. The van der Waals surface area contributed by atoms with Crippen LogP contribution in [0.15, 0.2) is 24.3 Å². The highest BCUT2D eigenvalue weighted by molar-refractivity contribution is 5.86. The van der Waals surface area contributed by atoms with Gasteiger partial charge in [0.15, 0.2) is 6.61 Å². The van der Waals surface area contributed by atoms with E-state index in [2.05, 4.69) is 5.32 Å². The molecule has 6 nitrogen and oxygen atoms in total. The van der Waals surface area contributed by atoms with Gasteiger partial charge in [-0.2, -0.15) is 0 Å². The first-order valence-corrected chi connectivity index (χ1v) is 6.75. The molecule has 0 bridgehead atoms. The molecule has 0 unspecified atom stereocenters. The van der Waals surface area contributed by atoms with Gasteiger partial charge in [-0.1, -0.05) is 6.92 Å². The van der Waals surface area contributed by atoms with E-state index in [1.165, 1.54) is 13.8 Å². The summed E-state index contributed by atoms with van der Waals surface area (Å²) in [5.74, 6) is -0.343. The fourth-order valence-electron chi connectivity index (χ4n) is 1.44. The van der Waals surface area contributed by atoms with Crippen LogP contribution in [0.25, 0.3) is 0 Å². The van der Waals surface area contributed by atoms with Crippen molar-refractivity contribution in [1.82, 2.24) is 5.32 Å². The van der Waals surface area contributed by atoms with Gasteiger partial charge in [-0.25, -0.2) is 4.79 Å². The number of aliphatic carboxylic acids is 1. The first-order chi connectivity index (χ1) is 9.85. The second-order valence-electron chi connectivity index (χ2n) is 5.09. The molecule has 1 aromatic rings. The first-order valence-electron chi connectivity index (χ1n) is 6.75. The standard InChI is InChI=1S/C15H21NO5/c1-4-9-20-11-5-7-12(8-6-11)21-10-13(17)16-15(2,3)14(18)19/h5-8H,4,9-10H2,1-3H3,(H,16,17)(H,18,19). The number of carbonyl (C=O) groups excluding carboxylic acids is 1. The maximum Gasteiger partial charge on any atom is 0.328 e. The molecule has 1 rings (SSSR count). The zero-order chi connectivity index (χ0) is 15.9. The molecule has 0 fully saturated rings. The molecule has 0 aliphatic rings. The molecule has 21 heavy (non-hydrogen) atoms. The molecule has 0 aromatic heterocycles. The van der Waals surface area contributed by atoms with Crippen LogP contribution in [0.4, 0.5) is 0 Å². The molecule has 0 heterocycles. The first kappa shape index (κ1) is 16.8. The van der Waals surface area contributed by atoms with E-state index in [9.17, 15) is 9.59 Å². The summed E-state index contributed by atoms with van der Waals surface area (Å²) in [6, 6.07) is 6.90. The van der Waals surface area contributed by atoms with Crippen LogP contribution in [0.1, 0.15) is 27.2 Å². The fourth-order valence-corrected chi connectivity index (χ4v) is 1.44. The Bertz CT molecular complexity index is 481. The second-order valence-corrected chi connectivity index (χ2v) is 5.09. The van der Waals surface area contributed by atoms with E-state index in [1.54, 1.807) is 24.3 Å². The fraction of sp³-hybridized carbons (Fsp3) is 0.467. The minimum Gasteiger partial charge on any atom is -0.494 e. The van der Waals surface area contributed by atoms with Crippen LogP contribution in [0.2, 0.25) is 0 Å². The van der Waals surface area contributed by atoms with Gasteiger partial charge >= 0.3 is 5.97 Å². The van der Waals surface area contributed by atoms with E-state index in [0.29, 0.717) is 12.4 Å². The molecule has 116 valence electrons.